The molecule has 1 aromatic heterocycles. The van der Waals surface area contributed by atoms with Crippen LogP contribution in [0.3, 0.4) is 0 Å². The first-order chi connectivity index (χ1) is 14.5. The third-order valence-corrected chi connectivity index (χ3v) is 6.54. The molecule has 0 radical (unpaired) electrons. The molecular formula is C23H17N2O3S2-. The molecule has 30 heavy (non-hydrogen) atoms. The van der Waals surface area contributed by atoms with Gasteiger partial charge in [-0.05, 0) is 65.0 Å². The Morgan fingerprint density at radius 1 is 1.10 bits per heavy atom. The first kappa shape index (κ1) is 20.1. The number of aliphatic imine (C=N–C) groups is 1. The van der Waals surface area contributed by atoms with E-state index in [2.05, 4.69) is 4.99 Å². The Kier molecular flexibility index (Phi) is 5.83. The van der Waals surface area contributed by atoms with Crippen LogP contribution in [0, 0.1) is 6.92 Å². The number of carboxylic acids is 1. The first-order valence-corrected chi connectivity index (χ1v) is 10.9. The molecule has 5 nitrogen and oxygen atoms in total. The van der Waals surface area contributed by atoms with Gasteiger partial charge >= 0.3 is 0 Å². The fraction of sp³-hybridized carbons (Fsp3) is 0.0870. The molecular weight excluding hydrogens is 416 g/mol. The van der Waals surface area contributed by atoms with E-state index in [9.17, 15) is 14.7 Å². The van der Waals surface area contributed by atoms with E-state index in [-0.39, 0.29) is 11.5 Å². The molecule has 0 aliphatic carbocycles. The van der Waals surface area contributed by atoms with Crippen molar-refractivity contribution >= 4 is 51.9 Å². The highest BCUT2D eigenvalue weighted by Crippen LogP contribution is 2.36. The zero-order valence-corrected chi connectivity index (χ0v) is 17.7. The van der Waals surface area contributed by atoms with Gasteiger partial charge in [-0.1, -0.05) is 42.5 Å². The predicted molar refractivity (Wildman–Crippen MR) is 119 cm³/mol. The van der Waals surface area contributed by atoms with Gasteiger partial charge in [0.15, 0.2) is 5.17 Å². The lowest BCUT2D eigenvalue weighted by molar-refractivity contribution is -0.255. The molecule has 1 aliphatic heterocycles. The molecule has 0 atom stereocenters. The number of amidine groups is 1. The average molecular weight is 434 g/mol. The van der Waals surface area contributed by atoms with Crippen LogP contribution in [-0.2, 0) is 11.3 Å². The van der Waals surface area contributed by atoms with Crippen molar-refractivity contribution in [1.82, 2.24) is 4.90 Å². The molecule has 150 valence electrons. The van der Waals surface area contributed by atoms with Crippen LogP contribution >= 0.6 is 23.1 Å². The first-order valence-electron chi connectivity index (χ1n) is 9.21. The molecule has 0 spiro atoms. The molecule has 2 heterocycles. The quantitative estimate of drug-likeness (QED) is 0.565. The number of aryl methyl sites for hydroxylation is 1. The number of para-hydroxylation sites is 1. The van der Waals surface area contributed by atoms with Crippen molar-refractivity contribution in [3.05, 3.63) is 92.5 Å². The summed E-state index contributed by atoms with van der Waals surface area (Å²) in [5.41, 5.74) is 2.80. The molecule has 0 unspecified atom stereocenters. The van der Waals surface area contributed by atoms with E-state index in [1.165, 1.54) is 23.9 Å². The molecule has 1 aliphatic rings. The van der Waals surface area contributed by atoms with Gasteiger partial charge in [-0.25, -0.2) is 4.99 Å². The summed E-state index contributed by atoms with van der Waals surface area (Å²) in [6, 6.07) is 17.9. The van der Waals surface area contributed by atoms with Gasteiger partial charge in [0.25, 0.3) is 5.91 Å². The Morgan fingerprint density at radius 2 is 1.83 bits per heavy atom. The Hall–Kier alpha value is -3.16. The molecule has 0 bridgehead atoms. The summed E-state index contributed by atoms with van der Waals surface area (Å²) < 4.78 is 0. The minimum atomic E-state index is -1.22. The molecule has 7 heteroatoms. The van der Waals surface area contributed by atoms with Crippen molar-refractivity contribution in [2.45, 2.75) is 13.5 Å². The van der Waals surface area contributed by atoms with Gasteiger partial charge < -0.3 is 9.90 Å². The lowest BCUT2D eigenvalue weighted by atomic mass is 10.1. The molecule has 4 rings (SSSR count). The van der Waals surface area contributed by atoms with E-state index in [1.54, 1.807) is 28.4 Å². The maximum atomic E-state index is 13.2. The van der Waals surface area contributed by atoms with Gasteiger partial charge in [-0.15, -0.1) is 11.3 Å². The number of benzene rings is 2. The number of rotatable bonds is 5. The second-order valence-electron chi connectivity index (χ2n) is 6.68. The zero-order valence-electron chi connectivity index (χ0n) is 16.1. The Balaban J connectivity index is 1.67. The average Bonchev–Trinajstić information content (AvgIpc) is 3.27. The molecule has 3 aromatic rings. The van der Waals surface area contributed by atoms with E-state index in [4.69, 9.17) is 0 Å². The standard InChI is InChI=1S/C23H18N2O3S2/c1-15-11-12-29-19(15)13-20-21(26)25(14-16-7-9-17(10-8-16)22(27)28)23(30-20)24-18-5-3-2-4-6-18/h2-13H,14H2,1H3,(H,27,28)/p-1/b20-13-,24-23?. The summed E-state index contributed by atoms with van der Waals surface area (Å²) in [6.07, 6.45) is 1.91. The lowest BCUT2D eigenvalue weighted by Crippen LogP contribution is -2.28. The van der Waals surface area contributed by atoms with E-state index in [0.29, 0.717) is 16.6 Å². The van der Waals surface area contributed by atoms with Gasteiger partial charge in [-0.3, -0.25) is 9.69 Å². The molecule has 1 saturated heterocycles. The molecule has 1 fully saturated rings. The van der Waals surface area contributed by atoms with Crippen LogP contribution in [0.1, 0.15) is 26.4 Å². The number of carbonyl (C=O) groups excluding carboxylic acids is 2. The van der Waals surface area contributed by atoms with Crippen molar-refractivity contribution in [3.63, 3.8) is 0 Å². The van der Waals surface area contributed by atoms with Crippen LogP contribution in [-0.4, -0.2) is 21.9 Å². The zero-order chi connectivity index (χ0) is 21.1. The summed E-state index contributed by atoms with van der Waals surface area (Å²) in [6.45, 7) is 2.31. The molecule has 0 saturated carbocycles. The number of thiophene rings is 1. The minimum Gasteiger partial charge on any atom is -0.545 e. The van der Waals surface area contributed by atoms with Crippen molar-refractivity contribution < 1.29 is 14.7 Å². The van der Waals surface area contributed by atoms with Gasteiger partial charge in [0.1, 0.15) is 0 Å². The molecule has 0 N–H and O–H groups in total. The van der Waals surface area contributed by atoms with Gasteiger partial charge in [0.05, 0.1) is 23.1 Å². The molecule has 2 aromatic carbocycles. The maximum absolute atomic E-state index is 13.2. The minimum absolute atomic E-state index is 0.104. The second kappa shape index (κ2) is 8.69. The highest BCUT2D eigenvalue weighted by atomic mass is 32.2. The van der Waals surface area contributed by atoms with Crippen LogP contribution in [0.2, 0.25) is 0 Å². The van der Waals surface area contributed by atoms with Crippen LogP contribution in [0.4, 0.5) is 5.69 Å². The largest absolute Gasteiger partial charge is 0.545 e. The monoisotopic (exact) mass is 433 g/mol. The van der Waals surface area contributed by atoms with Crippen LogP contribution < -0.4 is 5.11 Å². The number of aromatic carboxylic acids is 1. The smallest absolute Gasteiger partial charge is 0.267 e. The number of hydrogen-bond donors (Lipinski definition) is 0. The number of amides is 1. The third kappa shape index (κ3) is 4.37. The molecule has 1 amide bonds. The van der Waals surface area contributed by atoms with Gasteiger partial charge in [0.2, 0.25) is 0 Å². The Labute approximate surface area is 182 Å². The van der Waals surface area contributed by atoms with E-state index in [0.717, 1.165) is 21.7 Å². The summed E-state index contributed by atoms with van der Waals surface area (Å²) in [5.74, 6) is -1.34. The van der Waals surface area contributed by atoms with Crippen LogP contribution in [0.15, 0.2) is 75.9 Å². The Bertz CT molecular complexity index is 1150. The van der Waals surface area contributed by atoms with Crippen molar-refractivity contribution in [1.29, 1.82) is 0 Å². The Morgan fingerprint density at radius 3 is 2.47 bits per heavy atom. The number of carbonyl (C=O) groups is 2. The third-order valence-electron chi connectivity index (χ3n) is 4.56. The van der Waals surface area contributed by atoms with Crippen molar-refractivity contribution in [2.75, 3.05) is 0 Å². The highest BCUT2D eigenvalue weighted by molar-refractivity contribution is 8.18. The maximum Gasteiger partial charge on any atom is 0.267 e. The van der Waals surface area contributed by atoms with Crippen LogP contribution in [0.5, 0.6) is 0 Å². The summed E-state index contributed by atoms with van der Waals surface area (Å²) in [7, 11) is 0. The second-order valence-corrected chi connectivity index (χ2v) is 8.64. The number of nitrogens with zero attached hydrogens (tertiary/aromatic N) is 2. The predicted octanol–water partition coefficient (Wildman–Crippen LogP) is 4.22. The summed E-state index contributed by atoms with van der Waals surface area (Å²) in [4.78, 5) is 32.1. The fourth-order valence-electron chi connectivity index (χ4n) is 2.92. The van der Waals surface area contributed by atoms with Crippen molar-refractivity contribution in [3.8, 4) is 0 Å². The highest BCUT2D eigenvalue weighted by Gasteiger charge is 2.33. The summed E-state index contributed by atoms with van der Waals surface area (Å²) >= 11 is 2.94. The number of hydrogen-bond acceptors (Lipinski definition) is 6. The normalized spacial score (nSPS) is 16.6. The van der Waals surface area contributed by atoms with Gasteiger partial charge in [0, 0.05) is 4.88 Å². The van der Waals surface area contributed by atoms with E-state index >= 15 is 0 Å². The number of thioether (sulfide) groups is 1. The topological polar surface area (TPSA) is 72.8 Å². The summed E-state index contributed by atoms with van der Waals surface area (Å²) in [5, 5.41) is 13.6. The van der Waals surface area contributed by atoms with Gasteiger partial charge in [-0.2, -0.15) is 0 Å². The number of carboxylic acid groups (broad SMARTS) is 1. The van der Waals surface area contributed by atoms with E-state index in [1.807, 2.05) is 54.8 Å². The van der Waals surface area contributed by atoms with E-state index < -0.39 is 5.97 Å². The lowest BCUT2D eigenvalue weighted by Gasteiger charge is -2.16. The van der Waals surface area contributed by atoms with Crippen molar-refractivity contribution in [2.24, 2.45) is 4.99 Å². The fourth-order valence-corrected chi connectivity index (χ4v) is 4.84. The van der Waals surface area contributed by atoms with Crippen LogP contribution in [0.25, 0.3) is 6.08 Å². The SMILES string of the molecule is Cc1ccsc1/C=C1\SC(=Nc2ccccc2)N(Cc2ccc(C(=O)[O-])cc2)C1=O.